The van der Waals surface area contributed by atoms with Gasteiger partial charge < -0.3 is 10.8 Å². The fourth-order valence-corrected chi connectivity index (χ4v) is 1.50. The normalized spacial score (nSPS) is 10.4. The molecular formula is C11H10N2O2. The summed E-state index contributed by atoms with van der Waals surface area (Å²) in [6.45, 7) is 0. The lowest BCUT2D eigenvalue weighted by Crippen LogP contribution is -2.03. The largest absolute Gasteiger partial charge is 0.481 e. The van der Waals surface area contributed by atoms with Gasteiger partial charge >= 0.3 is 5.97 Å². The van der Waals surface area contributed by atoms with E-state index < -0.39 is 5.97 Å². The predicted octanol–water partition coefficient (Wildman–Crippen LogP) is 1.44. The number of nitrogens with two attached hydrogens (primary N) is 1. The molecule has 3 N–H and O–H groups in total. The summed E-state index contributed by atoms with van der Waals surface area (Å²) < 4.78 is 0. The van der Waals surface area contributed by atoms with Crippen LogP contribution in [0.25, 0.3) is 10.9 Å². The molecule has 0 saturated heterocycles. The van der Waals surface area contributed by atoms with E-state index >= 15 is 0 Å². The average Bonchev–Trinajstić information content (AvgIpc) is 2.16. The average molecular weight is 202 g/mol. The van der Waals surface area contributed by atoms with Crippen molar-refractivity contribution in [3.8, 4) is 0 Å². The number of rotatable bonds is 2. The fourth-order valence-electron chi connectivity index (χ4n) is 1.50. The number of fused-ring (bicyclic) bond motifs is 1. The number of carbonyl (C=O) groups is 1. The van der Waals surface area contributed by atoms with E-state index in [1.807, 2.05) is 24.3 Å². The Hall–Kier alpha value is -2.10. The van der Waals surface area contributed by atoms with Crippen LogP contribution in [-0.4, -0.2) is 16.1 Å². The number of carboxylic acid groups (broad SMARTS) is 1. The number of carboxylic acids is 1. The molecule has 0 spiro atoms. The molecule has 0 aliphatic rings. The van der Waals surface area contributed by atoms with Crippen molar-refractivity contribution < 1.29 is 9.90 Å². The molecule has 1 heterocycles. The van der Waals surface area contributed by atoms with E-state index in [1.165, 1.54) is 0 Å². The lowest BCUT2D eigenvalue weighted by atomic mass is 10.1. The van der Waals surface area contributed by atoms with Crippen molar-refractivity contribution in [2.24, 2.45) is 0 Å². The third kappa shape index (κ3) is 1.88. The summed E-state index contributed by atoms with van der Waals surface area (Å²) in [6, 6.07) is 9.01. The van der Waals surface area contributed by atoms with Crippen molar-refractivity contribution >= 4 is 22.6 Å². The summed E-state index contributed by atoms with van der Waals surface area (Å²) in [5.41, 5.74) is 7.58. The van der Waals surface area contributed by atoms with Crippen LogP contribution in [-0.2, 0) is 11.2 Å². The SMILES string of the molecule is Nc1cc(CC(=O)O)nc2ccccc12. The molecule has 0 unspecified atom stereocenters. The number of nitrogens with zero attached hydrogens (tertiary/aromatic N) is 1. The number of hydrogen-bond donors (Lipinski definition) is 2. The van der Waals surface area contributed by atoms with E-state index in [-0.39, 0.29) is 6.42 Å². The molecule has 4 nitrogen and oxygen atoms in total. The van der Waals surface area contributed by atoms with Gasteiger partial charge in [0.05, 0.1) is 17.6 Å². The van der Waals surface area contributed by atoms with Crippen LogP contribution in [0.5, 0.6) is 0 Å². The van der Waals surface area contributed by atoms with Gasteiger partial charge in [0.25, 0.3) is 0 Å². The summed E-state index contributed by atoms with van der Waals surface area (Å²) in [5, 5.41) is 9.50. The minimum Gasteiger partial charge on any atom is -0.481 e. The number of aliphatic carboxylic acids is 1. The number of nitrogen functional groups attached to an aromatic ring is 1. The van der Waals surface area contributed by atoms with Crippen LogP contribution in [0.15, 0.2) is 30.3 Å². The van der Waals surface area contributed by atoms with E-state index in [0.717, 1.165) is 10.9 Å². The molecule has 0 fully saturated rings. The Morgan fingerprint density at radius 2 is 2.13 bits per heavy atom. The first-order valence-corrected chi connectivity index (χ1v) is 4.53. The number of para-hydroxylation sites is 1. The molecule has 1 aromatic carbocycles. The minimum atomic E-state index is -0.905. The summed E-state index contributed by atoms with van der Waals surface area (Å²) in [7, 11) is 0. The lowest BCUT2D eigenvalue weighted by molar-refractivity contribution is -0.136. The van der Waals surface area contributed by atoms with Gasteiger partial charge in [-0.1, -0.05) is 18.2 Å². The van der Waals surface area contributed by atoms with E-state index in [2.05, 4.69) is 4.98 Å². The van der Waals surface area contributed by atoms with Crippen LogP contribution >= 0.6 is 0 Å². The Balaban J connectivity index is 2.57. The van der Waals surface area contributed by atoms with E-state index in [1.54, 1.807) is 6.07 Å². The molecule has 0 amide bonds. The summed E-state index contributed by atoms with van der Waals surface area (Å²) >= 11 is 0. The summed E-state index contributed by atoms with van der Waals surface area (Å²) in [5.74, 6) is -0.905. The van der Waals surface area contributed by atoms with Crippen molar-refractivity contribution in [3.05, 3.63) is 36.0 Å². The lowest BCUT2D eigenvalue weighted by Gasteiger charge is -2.04. The Morgan fingerprint density at radius 1 is 1.40 bits per heavy atom. The summed E-state index contributed by atoms with van der Waals surface area (Å²) in [6.07, 6.45) is -0.102. The zero-order valence-corrected chi connectivity index (χ0v) is 7.97. The van der Waals surface area contributed by atoms with Gasteiger partial charge in [0, 0.05) is 11.1 Å². The van der Waals surface area contributed by atoms with Gasteiger partial charge in [-0.05, 0) is 12.1 Å². The molecule has 0 bridgehead atoms. The quantitative estimate of drug-likeness (QED) is 0.772. The molecule has 0 aliphatic carbocycles. The first-order chi connectivity index (χ1) is 7.16. The van der Waals surface area contributed by atoms with Crippen LogP contribution in [0.1, 0.15) is 5.69 Å². The molecule has 2 aromatic rings. The van der Waals surface area contributed by atoms with E-state index in [9.17, 15) is 4.79 Å². The molecule has 0 atom stereocenters. The van der Waals surface area contributed by atoms with Crippen molar-refractivity contribution in [2.45, 2.75) is 6.42 Å². The fraction of sp³-hybridized carbons (Fsp3) is 0.0909. The zero-order valence-electron chi connectivity index (χ0n) is 7.97. The monoisotopic (exact) mass is 202 g/mol. The highest BCUT2D eigenvalue weighted by Gasteiger charge is 2.05. The van der Waals surface area contributed by atoms with Crippen LogP contribution < -0.4 is 5.73 Å². The summed E-state index contributed by atoms with van der Waals surface area (Å²) in [4.78, 5) is 14.8. The molecule has 4 heteroatoms. The van der Waals surface area contributed by atoms with Crippen LogP contribution in [0.2, 0.25) is 0 Å². The van der Waals surface area contributed by atoms with Crippen LogP contribution in [0, 0.1) is 0 Å². The van der Waals surface area contributed by atoms with Gasteiger partial charge in [-0.2, -0.15) is 0 Å². The maximum atomic E-state index is 10.5. The maximum absolute atomic E-state index is 10.5. The first-order valence-electron chi connectivity index (χ1n) is 4.53. The Bertz CT molecular complexity index is 523. The van der Waals surface area contributed by atoms with Gasteiger partial charge in [0.15, 0.2) is 0 Å². The van der Waals surface area contributed by atoms with Gasteiger partial charge in [-0.3, -0.25) is 9.78 Å². The number of anilines is 1. The number of pyridine rings is 1. The maximum Gasteiger partial charge on any atom is 0.309 e. The third-order valence-corrected chi connectivity index (χ3v) is 2.13. The van der Waals surface area contributed by atoms with Gasteiger partial charge in [-0.25, -0.2) is 0 Å². The highest BCUT2D eigenvalue weighted by Crippen LogP contribution is 2.20. The molecular weight excluding hydrogens is 192 g/mol. The molecule has 1 aromatic heterocycles. The van der Waals surface area contributed by atoms with E-state index in [0.29, 0.717) is 11.4 Å². The number of benzene rings is 1. The first kappa shape index (κ1) is 9.45. The van der Waals surface area contributed by atoms with Gasteiger partial charge in [0.1, 0.15) is 0 Å². The molecule has 2 rings (SSSR count). The molecule has 0 radical (unpaired) electrons. The highest BCUT2D eigenvalue weighted by atomic mass is 16.4. The third-order valence-electron chi connectivity index (χ3n) is 2.13. The molecule has 0 aliphatic heterocycles. The second kappa shape index (κ2) is 3.57. The van der Waals surface area contributed by atoms with Crippen molar-refractivity contribution in [3.63, 3.8) is 0 Å². The standard InChI is InChI=1S/C11H10N2O2/c12-9-5-7(6-11(14)15)13-10-4-2-1-3-8(9)10/h1-5H,6H2,(H2,12,13)(H,14,15). The molecule has 15 heavy (non-hydrogen) atoms. The molecule has 76 valence electrons. The minimum absolute atomic E-state index is 0.102. The second-order valence-electron chi connectivity index (χ2n) is 3.29. The predicted molar refractivity (Wildman–Crippen MR) is 57.5 cm³/mol. The number of hydrogen-bond acceptors (Lipinski definition) is 3. The number of aromatic nitrogens is 1. The Labute approximate surface area is 86.4 Å². The van der Waals surface area contributed by atoms with Crippen LogP contribution in [0.4, 0.5) is 5.69 Å². The van der Waals surface area contributed by atoms with Crippen molar-refractivity contribution in [2.75, 3.05) is 5.73 Å². The highest BCUT2D eigenvalue weighted by molar-refractivity contribution is 5.90. The molecule has 0 saturated carbocycles. The topological polar surface area (TPSA) is 76.2 Å². The Morgan fingerprint density at radius 3 is 2.87 bits per heavy atom. The van der Waals surface area contributed by atoms with Gasteiger partial charge in [-0.15, -0.1) is 0 Å². The zero-order chi connectivity index (χ0) is 10.8. The smallest absolute Gasteiger partial charge is 0.309 e. The van der Waals surface area contributed by atoms with Crippen LogP contribution in [0.3, 0.4) is 0 Å². The second-order valence-corrected chi connectivity index (χ2v) is 3.29. The van der Waals surface area contributed by atoms with Crippen molar-refractivity contribution in [1.29, 1.82) is 0 Å². The van der Waals surface area contributed by atoms with E-state index in [4.69, 9.17) is 10.8 Å². The van der Waals surface area contributed by atoms with Gasteiger partial charge in [0.2, 0.25) is 0 Å². The van der Waals surface area contributed by atoms with Crippen molar-refractivity contribution in [1.82, 2.24) is 4.98 Å². The Kier molecular flexibility index (Phi) is 2.25.